The summed E-state index contributed by atoms with van der Waals surface area (Å²) in [7, 11) is 1.51. The van der Waals surface area contributed by atoms with Gasteiger partial charge in [0.2, 0.25) is 0 Å². The van der Waals surface area contributed by atoms with Crippen molar-refractivity contribution in [2.75, 3.05) is 13.9 Å². The van der Waals surface area contributed by atoms with Crippen molar-refractivity contribution in [3.8, 4) is 11.5 Å². The third kappa shape index (κ3) is 3.79. The molecule has 4 nitrogen and oxygen atoms in total. The highest BCUT2D eigenvalue weighted by atomic mass is 19.1. The first-order chi connectivity index (χ1) is 10.7. The summed E-state index contributed by atoms with van der Waals surface area (Å²) in [5, 5.41) is 1.29. The Morgan fingerprint density at radius 1 is 1.22 bits per heavy atom. The van der Waals surface area contributed by atoms with Crippen LogP contribution in [0.4, 0.5) is 4.39 Å². The van der Waals surface area contributed by atoms with E-state index in [0.29, 0.717) is 16.7 Å². The second-order valence-electron chi connectivity index (χ2n) is 6.38. The van der Waals surface area contributed by atoms with E-state index in [0.717, 1.165) is 5.39 Å². The quantitative estimate of drug-likeness (QED) is 0.480. The monoisotopic (exact) mass is 320 g/mol. The molecule has 0 aliphatic carbocycles. The maximum absolute atomic E-state index is 13.9. The zero-order chi connectivity index (χ0) is 17.2. The highest BCUT2D eigenvalue weighted by Gasteiger charge is 2.25. The lowest BCUT2D eigenvalue weighted by Gasteiger charge is -2.19. The van der Waals surface area contributed by atoms with Crippen molar-refractivity contribution in [2.45, 2.75) is 27.7 Å². The molecule has 0 fully saturated rings. The molecule has 2 aromatic carbocycles. The van der Waals surface area contributed by atoms with E-state index in [4.69, 9.17) is 14.2 Å². The number of methoxy groups -OCH3 is 1. The van der Waals surface area contributed by atoms with Crippen LogP contribution in [0.2, 0.25) is 0 Å². The summed E-state index contributed by atoms with van der Waals surface area (Å²) < 4.78 is 29.8. The molecule has 23 heavy (non-hydrogen) atoms. The molecule has 0 bridgehead atoms. The van der Waals surface area contributed by atoms with Crippen molar-refractivity contribution in [3.63, 3.8) is 0 Å². The molecule has 5 heteroatoms. The Kier molecular flexibility index (Phi) is 4.90. The number of benzene rings is 2. The minimum Gasteiger partial charge on any atom is -0.467 e. The first-order valence-electron chi connectivity index (χ1n) is 7.31. The van der Waals surface area contributed by atoms with Crippen LogP contribution in [0.3, 0.4) is 0 Å². The van der Waals surface area contributed by atoms with Crippen LogP contribution in [0.5, 0.6) is 11.5 Å². The molecule has 0 atom stereocenters. The Bertz CT molecular complexity index is 732. The van der Waals surface area contributed by atoms with Gasteiger partial charge in [-0.25, -0.2) is 4.39 Å². The van der Waals surface area contributed by atoms with Gasteiger partial charge in [0, 0.05) is 18.6 Å². The topological polar surface area (TPSA) is 44.8 Å². The van der Waals surface area contributed by atoms with E-state index in [2.05, 4.69) is 0 Å². The number of hydrogen-bond donors (Lipinski definition) is 0. The minimum atomic E-state index is -0.670. The molecule has 0 unspecified atom stereocenters. The average Bonchev–Trinajstić information content (AvgIpc) is 2.47. The predicted molar refractivity (Wildman–Crippen MR) is 86.2 cm³/mol. The van der Waals surface area contributed by atoms with Gasteiger partial charge in [0.25, 0.3) is 0 Å². The first kappa shape index (κ1) is 17.2. The molecule has 2 rings (SSSR count). The maximum atomic E-state index is 13.9. The Hall–Kier alpha value is -2.14. The third-order valence-electron chi connectivity index (χ3n) is 3.41. The van der Waals surface area contributed by atoms with Gasteiger partial charge in [0.05, 0.1) is 5.41 Å². The van der Waals surface area contributed by atoms with Gasteiger partial charge in [-0.15, -0.1) is 0 Å². The smallest absolute Gasteiger partial charge is 0.316 e. The summed E-state index contributed by atoms with van der Waals surface area (Å²) in [6, 6.07) is 6.35. The van der Waals surface area contributed by atoms with Gasteiger partial charge in [-0.05, 0) is 50.8 Å². The van der Waals surface area contributed by atoms with Crippen molar-refractivity contribution in [2.24, 2.45) is 5.41 Å². The first-order valence-corrected chi connectivity index (χ1v) is 7.31. The van der Waals surface area contributed by atoms with Gasteiger partial charge in [-0.1, -0.05) is 6.07 Å². The number of carbonyl (C=O) groups excluding carboxylic acids is 1. The number of carbonyl (C=O) groups is 1. The van der Waals surface area contributed by atoms with E-state index in [1.807, 2.05) is 0 Å². The number of fused-ring (bicyclic) bond motifs is 1. The number of rotatable bonds is 4. The fourth-order valence-electron chi connectivity index (χ4n) is 2.09. The van der Waals surface area contributed by atoms with Gasteiger partial charge in [0.1, 0.15) is 17.3 Å². The zero-order valence-electron chi connectivity index (χ0n) is 14.0. The molecular formula is C18H21FO4. The lowest BCUT2D eigenvalue weighted by Crippen LogP contribution is -2.25. The van der Waals surface area contributed by atoms with Crippen LogP contribution < -0.4 is 9.47 Å². The molecule has 0 saturated heterocycles. The number of hydrogen-bond acceptors (Lipinski definition) is 4. The van der Waals surface area contributed by atoms with Gasteiger partial charge in [-0.3, -0.25) is 4.79 Å². The highest BCUT2D eigenvalue weighted by molar-refractivity contribution is 5.94. The molecule has 0 spiro atoms. The second kappa shape index (κ2) is 6.54. The molecule has 0 saturated carbocycles. The maximum Gasteiger partial charge on any atom is 0.316 e. The molecule has 124 valence electrons. The van der Waals surface area contributed by atoms with Crippen LogP contribution in [0, 0.1) is 18.2 Å². The van der Waals surface area contributed by atoms with E-state index in [1.165, 1.54) is 13.2 Å². The van der Waals surface area contributed by atoms with E-state index in [9.17, 15) is 9.18 Å². The molecule has 0 aliphatic heterocycles. The summed E-state index contributed by atoms with van der Waals surface area (Å²) >= 11 is 0. The molecule has 0 N–H and O–H groups in total. The summed E-state index contributed by atoms with van der Waals surface area (Å²) in [6.07, 6.45) is 0. The standard InChI is InChI=1S/C18H21FO4/c1-11-14(19)7-6-12-8-13(22-10-21-5)9-15(16(11)12)23-17(20)18(2,3)4/h6-9H,10H2,1-5H3. The molecule has 0 aromatic heterocycles. The molecule has 0 aliphatic rings. The minimum absolute atomic E-state index is 0.0678. The fourth-order valence-corrected chi connectivity index (χ4v) is 2.09. The number of ether oxygens (including phenoxy) is 3. The van der Waals surface area contributed by atoms with Crippen LogP contribution in [0.25, 0.3) is 10.8 Å². The third-order valence-corrected chi connectivity index (χ3v) is 3.41. The van der Waals surface area contributed by atoms with Crippen LogP contribution in [-0.4, -0.2) is 19.9 Å². The molecule has 2 aromatic rings. The molecule has 0 heterocycles. The Labute approximate surface area is 135 Å². The van der Waals surface area contributed by atoms with Crippen LogP contribution in [-0.2, 0) is 9.53 Å². The Morgan fingerprint density at radius 3 is 2.52 bits per heavy atom. The normalized spacial score (nSPS) is 11.6. The fraction of sp³-hybridized carbons (Fsp3) is 0.389. The SMILES string of the molecule is COCOc1cc(OC(=O)C(C)(C)C)c2c(C)c(F)ccc2c1. The van der Waals surface area contributed by atoms with Crippen molar-refractivity contribution < 1.29 is 23.4 Å². The van der Waals surface area contributed by atoms with Gasteiger partial charge in [-0.2, -0.15) is 0 Å². The lowest BCUT2D eigenvalue weighted by atomic mass is 9.97. The van der Waals surface area contributed by atoms with Crippen LogP contribution >= 0.6 is 0 Å². The van der Waals surface area contributed by atoms with E-state index >= 15 is 0 Å². The molecule has 0 radical (unpaired) electrons. The van der Waals surface area contributed by atoms with Gasteiger partial charge in [0.15, 0.2) is 6.79 Å². The van der Waals surface area contributed by atoms with Crippen molar-refractivity contribution in [1.29, 1.82) is 0 Å². The molecule has 0 amide bonds. The van der Waals surface area contributed by atoms with E-state index in [1.54, 1.807) is 45.9 Å². The summed E-state index contributed by atoms with van der Waals surface area (Å²) in [6.45, 7) is 7.00. The van der Waals surface area contributed by atoms with Crippen molar-refractivity contribution in [3.05, 3.63) is 35.6 Å². The lowest BCUT2D eigenvalue weighted by molar-refractivity contribution is -0.142. The number of aryl methyl sites for hydroxylation is 1. The van der Waals surface area contributed by atoms with E-state index < -0.39 is 11.4 Å². The Morgan fingerprint density at radius 2 is 1.91 bits per heavy atom. The van der Waals surface area contributed by atoms with Gasteiger partial charge < -0.3 is 14.2 Å². The Balaban J connectivity index is 2.57. The summed E-state index contributed by atoms with van der Waals surface area (Å²) in [5.74, 6) is 0.0232. The second-order valence-corrected chi connectivity index (χ2v) is 6.38. The van der Waals surface area contributed by atoms with Crippen molar-refractivity contribution >= 4 is 16.7 Å². The number of esters is 1. The summed E-state index contributed by atoms with van der Waals surface area (Å²) in [4.78, 5) is 12.2. The average molecular weight is 320 g/mol. The van der Waals surface area contributed by atoms with E-state index in [-0.39, 0.29) is 18.4 Å². The number of halogens is 1. The van der Waals surface area contributed by atoms with Gasteiger partial charge >= 0.3 is 5.97 Å². The largest absolute Gasteiger partial charge is 0.467 e. The predicted octanol–water partition coefficient (Wildman–Crippen LogP) is 4.22. The van der Waals surface area contributed by atoms with Crippen molar-refractivity contribution in [1.82, 2.24) is 0 Å². The molecular weight excluding hydrogens is 299 g/mol. The van der Waals surface area contributed by atoms with Crippen LogP contribution in [0.15, 0.2) is 24.3 Å². The highest BCUT2D eigenvalue weighted by Crippen LogP contribution is 2.35. The van der Waals surface area contributed by atoms with Crippen LogP contribution in [0.1, 0.15) is 26.3 Å². The zero-order valence-corrected chi connectivity index (χ0v) is 14.0. The summed E-state index contributed by atoms with van der Waals surface area (Å²) in [5.41, 5.74) is -0.241.